The molecule has 0 aliphatic heterocycles. The van der Waals surface area contributed by atoms with Gasteiger partial charge in [-0.2, -0.15) is 0 Å². The van der Waals surface area contributed by atoms with Crippen molar-refractivity contribution in [2.75, 3.05) is 6.61 Å². The minimum atomic E-state index is -0.252. The van der Waals surface area contributed by atoms with Gasteiger partial charge in [-0.25, -0.2) is 0 Å². The second-order valence-electron chi connectivity index (χ2n) is 7.09. The van der Waals surface area contributed by atoms with E-state index in [-0.39, 0.29) is 31.3 Å². The molecule has 0 bridgehead atoms. The number of hydrogen-bond acceptors (Lipinski definition) is 3. The number of carbonyl (C=O) groups is 1. The van der Waals surface area contributed by atoms with Gasteiger partial charge < -0.3 is 0 Å². The van der Waals surface area contributed by atoms with Gasteiger partial charge in [0.25, 0.3) is 0 Å². The zero-order valence-electron chi connectivity index (χ0n) is 16.0. The summed E-state index contributed by atoms with van der Waals surface area (Å²) in [6.07, 6.45) is 5.83. The first-order valence-electron chi connectivity index (χ1n) is 9.91. The van der Waals surface area contributed by atoms with Crippen molar-refractivity contribution in [3.63, 3.8) is 0 Å². The molecule has 4 heteroatoms. The topological polar surface area (TPSA) is 38.3 Å². The first-order chi connectivity index (χ1) is 13.2. The average Bonchev–Trinajstić information content (AvgIpc) is 2.70. The van der Waals surface area contributed by atoms with Crippen LogP contribution in [0.25, 0.3) is 0 Å². The predicted octanol–water partition coefficient (Wildman–Crippen LogP) is 3.86. The van der Waals surface area contributed by atoms with E-state index in [1.54, 1.807) is 0 Å². The summed E-state index contributed by atoms with van der Waals surface area (Å²) in [6, 6.07) is 20.7. The molecular weight excluding hydrogens is 401 g/mol. The van der Waals surface area contributed by atoms with Gasteiger partial charge in [-0.1, -0.05) is 0 Å². The summed E-state index contributed by atoms with van der Waals surface area (Å²) in [7, 11) is 0. The van der Waals surface area contributed by atoms with Crippen molar-refractivity contribution in [1.82, 2.24) is 5.32 Å². The van der Waals surface area contributed by atoms with Crippen LogP contribution < -0.4 is 9.78 Å². The molecule has 27 heavy (non-hydrogen) atoms. The van der Waals surface area contributed by atoms with Crippen molar-refractivity contribution in [1.29, 1.82) is 0 Å². The Hall–Kier alpha value is -1.61. The zero-order valence-corrected chi connectivity index (χ0v) is 17.7. The van der Waals surface area contributed by atoms with Crippen LogP contribution in [-0.4, -0.2) is 33.6 Å². The molecule has 2 aromatic carbocycles. The van der Waals surface area contributed by atoms with Crippen LogP contribution >= 0.6 is 0 Å². The number of ether oxygens (including phenoxy) is 1. The molecule has 0 amide bonds. The molecule has 1 saturated carbocycles. The second kappa shape index (κ2) is 10.1. The standard InChI is InChI=1S/C23H29NO2Se/c1-2-26-22(25)21(24-18-19-12-6-3-7-13-19)23(16-10-5-11-17-23)27-20-14-8-4-9-15-20/h3-4,6-9,12-15,21,24H,2,5,10-11,16-18H2,1H3. The number of esters is 1. The van der Waals surface area contributed by atoms with Crippen molar-refractivity contribution in [2.45, 2.75) is 55.9 Å². The van der Waals surface area contributed by atoms with Gasteiger partial charge >= 0.3 is 169 Å². The van der Waals surface area contributed by atoms with E-state index >= 15 is 0 Å². The quantitative estimate of drug-likeness (QED) is 0.511. The molecule has 2 aromatic rings. The second-order valence-corrected chi connectivity index (χ2v) is 10.2. The van der Waals surface area contributed by atoms with Crippen molar-refractivity contribution < 1.29 is 9.53 Å². The zero-order chi connectivity index (χ0) is 19.0. The Morgan fingerprint density at radius 1 is 1.04 bits per heavy atom. The first kappa shape index (κ1) is 20.1. The van der Waals surface area contributed by atoms with Gasteiger partial charge in [0.1, 0.15) is 0 Å². The number of rotatable bonds is 8. The fraction of sp³-hybridized carbons (Fsp3) is 0.435. The molecule has 144 valence electrons. The Balaban J connectivity index is 1.85. The van der Waals surface area contributed by atoms with E-state index < -0.39 is 0 Å². The maximum atomic E-state index is 13.0. The summed E-state index contributed by atoms with van der Waals surface area (Å²) >= 11 is 0.218. The van der Waals surface area contributed by atoms with Gasteiger partial charge in [0.05, 0.1) is 0 Å². The predicted molar refractivity (Wildman–Crippen MR) is 111 cm³/mol. The Morgan fingerprint density at radius 3 is 2.30 bits per heavy atom. The molecule has 1 aliphatic carbocycles. The first-order valence-corrected chi connectivity index (χ1v) is 11.6. The molecule has 1 fully saturated rings. The van der Waals surface area contributed by atoms with Crippen LogP contribution in [0.5, 0.6) is 0 Å². The van der Waals surface area contributed by atoms with E-state index in [2.05, 4.69) is 47.8 Å². The van der Waals surface area contributed by atoms with E-state index in [4.69, 9.17) is 4.74 Å². The van der Waals surface area contributed by atoms with E-state index in [1.165, 1.54) is 29.3 Å². The van der Waals surface area contributed by atoms with Crippen LogP contribution in [0.3, 0.4) is 0 Å². The third-order valence-electron chi connectivity index (χ3n) is 5.17. The summed E-state index contributed by atoms with van der Waals surface area (Å²) in [4.78, 5) is 13.0. The number of benzene rings is 2. The van der Waals surface area contributed by atoms with Crippen LogP contribution in [-0.2, 0) is 16.1 Å². The molecule has 0 radical (unpaired) electrons. The van der Waals surface area contributed by atoms with E-state index in [1.807, 2.05) is 25.1 Å². The molecule has 3 nitrogen and oxygen atoms in total. The van der Waals surface area contributed by atoms with Gasteiger partial charge in [0.2, 0.25) is 0 Å². The molecule has 1 atom stereocenters. The molecule has 0 spiro atoms. The Morgan fingerprint density at radius 2 is 1.67 bits per heavy atom. The SMILES string of the molecule is CCOC(=O)C(NCc1ccccc1)C1([Se]c2ccccc2)CCCCC1. The average molecular weight is 430 g/mol. The van der Waals surface area contributed by atoms with Gasteiger partial charge in [-0.15, -0.1) is 0 Å². The van der Waals surface area contributed by atoms with Crippen molar-refractivity contribution in [3.05, 3.63) is 66.2 Å². The van der Waals surface area contributed by atoms with Gasteiger partial charge in [-0.05, 0) is 0 Å². The van der Waals surface area contributed by atoms with Crippen molar-refractivity contribution in [3.8, 4) is 0 Å². The van der Waals surface area contributed by atoms with E-state index in [0.29, 0.717) is 13.2 Å². The van der Waals surface area contributed by atoms with E-state index in [0.717, 1.165) is 12.8 Å². The summed E-state index contributed by atoms with van der Waals surface area (Å²) in [5.41, 5.74) is 1.20. The number of nitrogens with one attached hydrogen (secondary N) is 1. The van der Waals surface area contributed by atoms with Crippen LogP contribution in [0.2, 0.25) is 4.31 Å². The monoisotopic (exact) mass is 431 g/mol. The number of hydrogen-bond donors (Lipinski definition) is 1. The molecule has 0 aromatic heterocycles. The Bertz CT molecular complexity index is 699. The summed E-state index contributed by atoms with van der Waals surface area (Å²) < 4.78 is 6.86. The summed E-state index contributed by atoms with van der Waals surface area (Å²) in [5, 5.41) is 3.59. The minimum absolute atomic E-state index is 0.0202. The summed E-state index contributed by atoms with van der Waals surface area (Å²) in [6.45, 7) is 3.01. The van der Waals surface area contributed by atoms with Crippen molar-refractivity contribution in [2.24, 2.45) is 0 Å². The molecular formula is C23H29NO2Se. The fourth-order valence-electron chi connectivity index (χ4n) is 3.85. The Labute approximate surface area is 169 Å². The van der Waals surface area contributed by atoms with Crippen LogP contribution in [0.1, 0.15) is 44.6 Å². The van der Waals surface area contributed by atoms with Gasteiger partial charge in [-0.3, -0.25) is 0 Å². The molecule has 0 saturated heterocycles. The molecule has 1 N–H and O–H groups in total. The third kappa shape index (κ3) is 5.44. The maximum absolute atomic E-state index is 13.0. The number of carbonyl (C=O) groups excluding carboxylic acids is 1. The molecule has 1 aliphatic rings. The van der Waals surface area contributed by atoms with Crippen molar-refractivity contribution >= 4 is 25.4 Å². The van der Waals surface area contributed by atoms with Gasteiger partial charge in [0.15, 0.2) is 0 Å². The fourth-order valence-corrected chi connectivity index (χ4v) is 7.11. The molecule has 1 unspecified atom stereocenters. The van der Waals surface area contributed by atoms with Crippen LogP contribution in [0.4, 0.5) is 0 Å². The molecule has 3 rings (SSSR count). The van der Waals surface area contributed by atoms with E-state index in [9.17, 15) is 4.79 Å². The van der Waals surface area contributed by atoms with Crippen LogP contribution in [0.15, 0.2) is 60.7 Å². The van der Waals surface area contributed by atoms with Gasteiger partial charge in [0, 0.05) is 0 Å². The Kier molecular flexibility index (Phi) is 7.51. The summed E-state index contributed by atoms with van der Waals surface area (Å²) in [5.74, 6) is -0.0897. The molecule has 0 heterocycles. The third-order valence-corrected chi connectivity index (χ3v) is 8.44. The van der Waals surface area contributed by atoms with Crippen LogP contribution in [0, 0.1) is 0 Å². The normalized spacial score (nSPS) is 17.2.